The lowest BCUT2D eigenvalue weighted by atomic mass is 10.4. The minimum absolute atomic E-state index is 0.166. The Labute approximate surface area is 104 Å². The molecule has 1 rings (SSSR count). The quantitative estimate of drug-likeness (QED) is 0.542. The number of rotatable bonds is 8. The maximum absolute atomic E-state index is 11.6. The van der Waals surface area contributed by atoms with Crippen LogP contribution in [-0.2, 0) is 14.8 Å². The molecule has 0 unspecified atom stereocenters. The number of nitrogens with one attached hydrogen (secondary N) is 2. The Kier molecular flexibility index (Phi) is 6.98. The average molecular weight is 265 g/mol. The van der Waals surface area contributed by atoms with Gasteiger partial charge in [0.1, 0.15) is 0 Å². The van der Waals surface area contributed by atoms with Gasteiger partial charge in [-0.15, -0.1) is 0 Å². The first kappa shape index (κ1) is 14.8. The molecule has 1 aliphatic rings. The van der Waals surface area contributed by atoms with E-state index in [0.29, 0.717) is 26.3 Å². The van der Waals surface area contributed by atoms with E-state index in [1.54, 1.807) is 0 Å². The van der Waals surface area contributed by atoms with Crippen LogP contribution in [0.3, 0.4) is 0 Å². The lowest BCUT2D eigenvalue weighted by Gasteiger charge is -2.26. The fourth-order valence-electron chi connectivity index (χ4n) is 1.67. The van der Waals surface area contributed by atoms with Gasteiger partial charge in [0.15, 0.2) is 0 Å². The van der Waals surface area contributed by atoms with Crippen LogP contribution in [0.15, 0.2) is 0 Å². The minimum Gasteiger partial charge on any atom is -0.380 e. The summed E-state index contributed by atoms with van der Waals surface area (Å²) >= 11 is 0. The number of hydrogen-bond donors (Lipinski definition) is 2. The standard InChI is InChI=1S/C10H23N3O3S/c1-2-16-9-5-12-17(14,15)10-8-13-6-3-11-4-7-13/h11-12H,2-10H2,1H3. The third kappa shape index (κ3) is 6.95. The van der Waals surface area contributed by atoms with Crippen molar-refractivity contribution in [2.45, 2.75) is 6.92 Å². The molecule has 7 heteroatoms. The summed E-state index contributed by atoms with van der Waals surface area (Å²) in [6.45, 7) is 7.63. The Morgan fingerprint density at radius 2 is 2.06 bits per heavy atom. The van der Waals surface area contributed by atoms with Crippen LogP contribution >= 0.6 is 0 Å². The highest BCUT2D eigenvalue weighted by molar-refractivity contribution is 7.89. The normalized spacial score (nSPS) is 18.4. The topological polar surface area (TPSA) is 70.7 Å². The smallest absolute Gasteiger partial charge is 0.212 e. The molecule has 0 aromatic heterocycles. The third-order valence-corrected chi connectivity index (χ3v) is 4.02. The van der Waals surface area contributed by atoms with Gasteiger partial charge in [-0.25, -0.2) is 13.1 Å². The monoisotopic (exact) mass is 265 g/mol. The van der Waals surface area contributed by atoms with Crippen molar-refractivity contribution < 1.29 is 13.2 Å². The molecule has 17 heavy (non-hydrogen) atoms. The molecule has 102 valence electrons. The number of ether oxygens (including phenoxy) is 1. The van der Waals surface area contributed by atoms with Crippen LogP contribution in [-0.4, -0.2) is 71.6 Å². The highest BCUT2D eigenvalue weighted by atomic mass is 32.2. The van der Waals surface area contributed by atoms with Gasteiger partial charge >= 0.3 is 0 Å². The van der Waals surface area contributed by atoms with Crippen LogP contribution in [0.1, 0.15) is 6.92 Å². The third-order valence-electron chi connectivity index (χ3n) is 2.66. The highest BCUT2D eigenvalue weighted by Gasteiger charge is 2.14. The zero-order valence-corrected chi connectivity index (χ0v) is 11.3. The van der Waals surface area contributed by atoms with E-state index in [4.69, 9.17) is 4.74 Å². The molecule has 0 bridgehead atoms. The van der Waals surface area contributed by atoms with Gasteiger partial charge in [0.25, 0.3) is 0 Å². The second-order valence-corrected chi connectivity index (χ2v) is 5.93. The Bertz CT molecular complexity index is 289. The predicted molar refractivity (Wildman–Crippen MR) is 67.6 cm³/mol. The van der Waals surface area contributed by atoms with Crippen molar-refractivity contribution in [2.24, 2.45) is 0 Å². The van der Waals surface area contributed by atoms with E-state index >= 15 is 0 Å². The lowest BCUT2D eigenvalue weighted by molar-refractivity contribution is 0.153. The molecule has 0 aliphatic carbocycles. The van der Waals surface area contributed by atoms with E-state index in [0.717, 1.165) is 26.2 Å². The summed E-state index contributed by atoms with van der Waals surface area (Å²) in [6.07, 6.45) is 0. The fraction of sp³-hybridized carbons (Fsp3) is 1.00. The molecule has 1 aliphatic heterocycles. The Hall–Kier alpha value is -0.210. The largest absolute Gasteiger partial charge is 0.380 e. The average Bonchev–Trinajstić information content (AvgIpc) is 2.34. The van der Waals surface area contributed by atoms with Crippen LogP contribution in [0.4, 0.5) is 0 Å². The number of sulfonamides is 1. The Morgan fingerprint density at radius 1 is 1.35 bits per heavy atom. The van der Waals surface area contributed by atoms with Crippen molar-refractivity contribution >= 4 is 10.0 Å². The molecular formula is C10H23N3O3S. The van der Waals surface area contributed by atoms with Gasteiger partial charge in [-0.1, -0.05) is 0 Å². The molecule has 1 fully saturated rings. The van der Waals surface area contributed by atoms with Gasteiger partial charge in [-0.05, 0) is 6.92 Å². The van der Waals surface area contributed by atoms with Crippen LogP contribution in [0.5, 0.6) is 0 Å². The molecule has 6 nitrogen and oxygen atoms in total. The van der Waals surface area contributed by atoms with E-state index in [-0.39, 0.29) is 5.75 Å². The van der Waals surface area contributed by atoms with Gasteiger partial charge in [0, 0.05) is 45.9 Å². The van der Waals surface area contributed by atoms with Gasteiger partial charge in [-0.3, -0.25) is 4.90 Å². The van der Waals surface area contributed by atoms with Crippen LogP contribution in [0.2, 0.25) is 0 Å². The maximum atomic E-state index is 11.6. The molecule has 1 heterocycles. The molecule has 2 N–H and O–H groups in total. The molecule has 0 atom stereocenters. The Morgan fingerprint density at radius 3 is 2.71 bits per heavy atom. The van der Waals surface area contributed by atoms with Gasteiger partial charge in [0.2, 0.25) is 10.0 Å². The SMILES string of the molecule is CCOCCNS(=O)(=O)CCN1CCNCC1. The summed E-state index contributed by atoms with van der Waals surface area (Å²) in [6, 6.07) is 0. The number of piperazine rings is 1. The first-order chi connectivity index (χ1) is 8.14. The molecule has 0 spiro atoms. The zero-order chi connectivity index (χ0) is 12.6. The number of hydrogen-bond acceptors (Lipinski definition) is 5. The van der Waals surface area contributed by atoms with Crippen molar-refractivity contribution in [3.63, 3.8) is 0 Å². The predicted octanol–water partition coefficient (Wildman–Crippen LogP) is -1.15. The maximum Gasteiger partial charge on any atom is 0.212 e. The molecular weight excluding hydrogens is 242 g/mol. The fourth-order valence-corrected chi connectivity index (χ4v) is 2.71. The summed E-state index contributed by atoms with van der Waals surface area (Å²) in [5.41, 5.74) is 0. The minimum atomic E-state index is -3.15. The highest BCUT2D eigenvalue weighted by Crippen LogP contribution is 1.94. The van der Waals surface area contributed by atoms with E-state index in [1.165, 1.54) is 0 Å². The van der Waals surface area contributed by atoms with Crippen molar-refractivity contribution in [3.05, 3.63) is 0 Å². The molecule has 0 radical (unpaired) electrons. The Balaban J connectivity index is 2.14. The van der Waals surface area contributed by atoms with Crippen molar-refractivity contribution in [3.8, 4) is 0 Å². The van der Waals surface area contributed by atoms with Gasteiger partial charge < -0.3 is 10.1 Å². The van der Waals surface area contributed by atoms with Gasteiger partial charge in [-0.2, -0.15) is 0 Å². The summed E-state index contributed by atoms with van der Waals surface area (Å²) in [4.78, 5) is 2.16. The second kappa shape index (κ2) is 7.99. The summed E-state index contributed by atoms with van der Waals surface area (Å²) < 4.78 is 30.9. The molecule has 0 saturated carbocycles. The van der Waals surface area contributed by atoms with Crippen molar-refractivity contribution in [1.29, 1.82) is 0 Å². The van der Waals surface area contributed by atoms with Crippen LogP contribution in [0.25, 0.3) is 0 Å². The lowest BCUT2D eigenvalue weighted by Crippen LogP contribution is -2.46. The van der Waals surface area contributed by atoms with Crippen LogP contribution < -0.4 is 10.0 Å². The first-order valence-corrected chi connectivity index (χ1v) is 7.77. The summed E-state index contributed by atoms with van der Waals surface area (Å²) in [5.74, 6) is 0.166. The summed E-state index contributed by atoms with van der Waals surface area (Å²) in [5, 5.41) is 3.24. The second-order valence-electron chi connectivity index (χ2n) is 4.00. The van der Waals surface area contributed by atoms with Crippen molar-refractivity contribution in [2.75, 3.05) is 58.2 Å². The zero-order valence-electron chi connectivity index (χ0n) is 10.4. The summed E-state index contributed by atoms with van der Waals surface area (Å²) in [7, 11) is -3.15. The number of nitrogens with zero attached hydrogens (tertiary/aromatic N) is 1. The van der Waals surface area contributed by atoms with E-state index in [1.807, 2.05) is 6.92 Å². The van der Waals surface area contributed by atoms with Crippen LogP contribution in [0, 0.1) is 0 Å². The van der Waals surface area contributed by atoms with E-state index in [9.17, 15) is 8.42 Å². The van der Waals surface area contributed by atoms with E-state index in [2.05, 4.69) is 14.9 Å². The first-order valence-electron chi connectivity index (χ1n) is 6.12. The molecule has 0 aromatic carbocycles. The van der Waals surface area contributed by atoms with Crippen molar-refractivity contribution in [1.82, 2.24) is 14.9 Å². The molecule has 1 saturated heterocycles. The van der Waals surface area contributed by atoms with Gasteiger partial charge in [0.05, 0.1) is 12.4 Å². The molecule has 0 amide bonds. The van der Waals surface area contributed by atoms with E-state index < -0.39 is 10.0 Å². The molecule has 0 aromatic rings.